The van der Waals surface area contributed by atoms with Crippen molar-refractivity contribution in [1.82, 2.24) is 5.32 Å². The lowest BCUT2D eigenvalue weighted by molar-refractivity contribution is 0.0538. The smallest absolute Gasteiger partial charge is 0.255 e. The molecule has 4 nitrogen and oxygen atoms in total. The lowest BCUT2D eigenvalue weighted by Gasteiger charge is -2.28. The van der Waals surface area contributed by atoms with Gasteiger partial charge in [-0.15, -0.1) is 0 Å². The van der Waals surface area contributed by atoms with E-state index >= 15 is 0 Å². The fraction of sp³-hybridized carbons (Fsp3) is 0.533. The van der Waals surface area contributed by atoms with E-state index in [4.69, 9.17) is 4.74 Å². The third kappa shape index (κ3) is 3.47. The van der Waals surface area contributed by atoms with Crippen molar-refractivity contribution in [3.63, 3.8) is 0 Å². The Labute approximate surface area is 113 Å². The number of rotatable bonds is 3. The number of benzene rings is 1. The van der Waals surface area contributed by atoms with Crippen molar-refractivity contribution >= 4 is 5.91 Å². The van der Waals surface area contributed by atoms with E-state index in [2.05, 4.69) is 5.32 Å². The van der Waals surface area contributed by atoms with Gasteiger partial charge in [0.15, 0.2) is 0 Å². The molecule has 1 aliphatic rings. The number of carbonyl (C=O) groups is 1. The Balaban J connectivity index is 1.99. The summed E-state index contributed by atoms with van der Waals surface area (Å²) in [6.45, 7) is 5.42. The molecule has 0 radical (unpaired) electrons. The summed E-state index contributed by atoms with van der Waals surface area (Å²) in [5, 5.41) is 12.8. The molecule has 1 aliphatic heterocycles. The Morgan fingerprint density at radius 2 is 2.11 bits per heavy atom. The summed E-state index contributed by atoms with van der Waals surface area (Å²) in [5.41, 5.74) is 1.27. The molecular formula is C15H21NO3. The van der Waals surface area contributed by atoms with Crippen molar-refractivity contribution in [1.29, 1.82) is 0 Å². The highest BCUT2D eigenvalue weighted by atomic mass is 16.5. The highest BCUT2D eigenvalue weighted by molar-refractivity contribution is 5.97. The summed E-state index contributed by atoms with van der Waals surface area (Å²) in [6, 6.07) is 5.19. The number of nitrogens with one attached hydrogen (secondary N) is 1. The summed E-state index contributed by atoms with van der Waals surface area (Å²) in [4.78, 5) is 12.1. The molecule has 4 heteroatoms. The van der Waals surface area contributed by atoms with E-state index < -0.39 is 0 Å². The first-order valence-electron chi connectivity index (χ1n) is 6.76. The Kier molecular flexibility index (Phi) is 4.43. The van der Waals surface area contributed by atoms with Crippen LogP contribution in [0.3, 0.4) is 0 Å². The van der Waals surface area contributed by atoms with Gasteiger partial charge in [0.05, 0.1) is 5.56 Å². The average Bonchev–Trinajstić information content (AvgIpc) is 2.39. The van der Waals surface area contributed by atoms with Crippen LogP contribution in [0.2, 0.25) is 0 Å². The third-order valence-corrected chi connectivity index (χ3v) is 3.73. The van der Waals surface area contributed by atoms with Crippen LogP contribution in [-0.4, -0.2) is 30.3 Å². The molecule has 0 bridgehead atoms. The van der Waals surface area contributed by atoms with E-state index in [-0.39, 0.29) is 17.7 Å². The quantitative estimate of drug-likeness (QED) is 0.879. The first-order chi connectivity index (χ1) is 9.08. The highest BCUT2D eigenvalue weighted by Gasteiger charge is 2.23. The number of aromatic hydroxyl groups is 1. The van der Waals surface area contributed by atoms with Crippen LogP contribution < -0.4 is 5.32 Å². The summed E-state index contributed by atoms with van der Waals surface area (Å²) in [7, 11) is 0. The minimum Gasteiger partial charge on any atom is -0.507 e. The zero-order valence-electron chi connectivity index (χ0n) is 11.5. The minimum atomic E-state index is -0.212. The van der Waals surface area contributed by atoms with Gasteiger partial charge in [0.1, 0.15) is 5.75 Å². The van der Waals surface area contributed by atoms with Crippen molar-refractivity contribution in [2.75, 3.05) is 13.2 Å². The van der Waals surface area contributed by atoms with Crippen LogP contribution in [0.15, 0.2) is 18.2 Å². The van der Waals surface area contributed by atoms with Crippen LogP contribution in [0.1, 0.15) is 35.7 Å². The first kappa shape index (κ1) is 13.9. The predicted molar refractivity (Wildman–Crippen MR) is 73.3 cm³/mol. The molecule has 0 aliphatic carbocycles. The van der Waals surface area contributed by atoms with E-state index in [1.54, 1.807) is 12.1 Å². The predicted octanol–water partition coefficient (Wildman–Crippen LogP) is 2.25. The fourth-order valence-corrected chi connectivity index (χ4v) is 2.45. The van der Waals surface area contributed by atoms with Gasteiger partial charge in [0.25, 0.3) is 5.91 Å². The Morgan fingerprint density at radius 3 is 2.74 bits per heavy atom. The van der Waals surface area contributed by atoms with Crippen LogP contribution in [0.5, 0.6) is 5.75 Å². The van der Waals surface area contributed by atoms with Crippen LogP contribution in [0.4, 0.5) is 0 Å². The summed E-state index contributed by atoms with van der Waals surface area (Å²) < 4.78 is 5.32. The molecule has 2 rings (SSSR count). The summed E-state index contributed by atoms with van der Waals surface area (Å²) in [6.07, 6.45) is 1.95. The van der Waals surface area contributed by atoms with Crippen LogP contribution >= 0.6 is 0 Å². The standard InChI is InChI=1S/C15H21NO3/c1-10-3-4-13(14(17)9-10)15(18)16-11(2)12-5-7-19-8-6-12/h3-4,9,11-12,17H,5-8H2,1-2H3,(H,16,18). The van der Waals surface area contributed by atoms with Gasteiger partial charge in [-0.1, -0.05) is 6.07 Å². The van der Waals surface area contributed by atoms with Crippen LogP contribution in [0.25, 0.3) is 0 Å². The number of aryl methyl sites for hydroxylation is 1. The second-order valence-corrected chi connectivity index (χ2v) is 5.23. The van der Waals surface area contributed by atoms with Gasteiger partial charge >= 0.3 is 0 Å². The Bertz CT molecular complexity index is 453. The molecule has 1 amide bonds. The van der Waals surface area contributed by atoms with E-state index in [9.17, 15) is 9.90 Å². The summed E-state index contributed by atoms with van der Waals surface area (Å²) in [5.74, 6) is 0.276. The zero-order valence-corrected chi connectivity index (χ0v) is 11.5. The normalized spacial score (nSPS) is 18.0. The van der Waals surface area contributed by atoms with Crippen LogP contribution in [-0.2, 0) is 4.74 Å². The van der Waals surface area contributed by atoms with Crippen LogP contribution in [0, 0.1) is 12.8 Å². The number of carbonyl (C=O) groups excluding carboxylic acids is 1. The highest BCUT2D eigenvalue weighted by Crippen LogP contribution is 2.21. The van der Waals surface area contributed by atoms with Crippen molar-refractivity contribution in [2.24, 2.45) is 5.92 Å². The minimum absolute atomic E-state index is 0.0386. The molecule has 0 spiro atoms. The molecule has 2 N–H and O–H groups in total. The number of hydrogen-bond acceptors (Lipinski definition) is 3. The van der Waals surface area contributed by atoms with Crippen molar-refractivity contribution < 1.29 is 14.6 Å². The molecule has 1 heterocycles. The van der Waals surface area contributed by atoms with Gasteiger partial charge in [0, 0.05) is 19.3 Å². The maximum atomic E-state index is 12.1. The monoisotopic (exact) mass is 263 g/mol. The zero-order chi connectivity index (χ0) is 13.8. The molecule has 1 saturated heterocycles. The van der Waals surface area contributed by atoms with Crippen molar-refractivity contribution in [2.45, 2.75) is 32.7 Å². The Hall–Kier alpha value is -1.55. The SMILES string of the molecule is Cc1ccc(C(=O)NC(C)C2CCOCC2)c(O)c1. The van der Waals surface area contributed by atoms with E-state index in [1.165, 1.54) is 0 Å². The van der Waals surface area contributed by atoms with Crippen molar-refractivity contribution in [3.8, 4) is 5.75 Å². The number of ether oxygens (including phenoxy) is 1. The maximum absolute atomic E-state index is 12.1. The van der Waals surface area contributed by atoms with Gasteiger partial charge in [-0.2, -0.15) is 0 Å². The van der Waals surface area contributed by atoms with Gasteiger partial charge in [0.2, 0.25) is 0 Å². The van der Waals surface area contributed by atoms with Gasteiger partial charge in [-0.3, -0.25) is 4.79 Å². The third-order valence-electron chi connectivity index (χ3n) is 3.73. The topological polar surface area (TPSA) is 58.6 Å². The van der Waals surface area contributed by atoms with Gasteiger partial charge in [-0.25, -0.2) is 0 Å². The molecule has 0 aromatic heterocycles. The van der Waals surface area contributed by atoms with Crippen molar-refractivity contribution in [3.05, 3.63) is 29.3 Å². The molecule has 0 saturated carbocycles. The number of hydrogen-bond donors (Lipinski definition) is 2. The summed E-state index contributed by atoms with van der Waals surface area (Å²) >= 11 is 0. The molecule has 1 fully saturated rings. The Morgan fingerprint density at radius 1 is 1.42 bits per heavy atom. The number of amides is 1. The number of phenolic OH excluding ortho intramolecular Hbond substituents is 1. The molecule has 104 valence electrons. The largest absolute Gasteiger partial charge is 0.507 e. The van der Waals surface area contributed by atoms with E-state index in [0.717, 1.165) is 31.6 Å². The van der Waals surface area contributed by atoms with E-state index in [0.29, 0.717) is 11.5 Å². The number of phenols is 1. The first-order valence-corrected chi connectivity index (χ1v) is 6.76. The lowest BCUT2D eigenvalue weighted by atomic mass is 9.92. The molecule has 19 heavy (non-hydrogen) atoms. The fourth-order valence-electron chi connectivity index (χ4n) is 2.45. The molecular weight excluding hydrogens is 242 g/mol. The van der Waals surface area contributed by atoms with E-state index in [1.807, 2.05) is 19.9 Å². The second kappa shape index (κ2) is 6.06. The molecule has 1 aromatic rings. The lowest BCUT2D eigenvalue weighted by Crippen LogP contribution is -2.40. The van der Waals surface area contributed by atoms with Gasteiger partial charge in [-0.05, 0) is 50.3 Å². The molecule has 1 atom stereocenters. The molecule has 1 unspecified atom stereocenters. The maximum Gasteiger partial charge on any atom is 0.255 e. The molecule has 1 aromatic carbocycles. The second-order valence-electron chi connectivity index (χ2n) is 5.23. The average molecular weight is 263 g/mol. The van der Waals surface area contributed by atoms with Gasteiger partial charge < -0.3 is 15.2 Å².